The Kier molecular flexibility index (Phi) is 4.04. The van der Waals surface area contributed by atoms with Crippen LogP contribution in [0.1, 0.15) is 36.8 Å². The Labute approximate surface area is 127 Å². The van der Waals surface area contributed by atoms with E-state index in [-0.39, 0.29) is 0 Å². The molecule has 110 valence electrons. The highest BCUT2D eigenvalue weighted by Gasteiger charge is 2.38. The first-order chi connectivity index (χ1) is 10.1. The third kappa shape index (κ3) is 2.60. The Balaban J connectivity index is 2.19. The topological polar surface area (TPSA) is 17.1 Å². The van der Waals surface area contributed by atoms with Gasteiger partial charge in [-0.25, -0.2) is 0 Å². The van der Waals surface area contributed by atoms with Crippen molar-refractivity contribution in [2.24, 2.45) is 0 Å². The molecule has 0 N–H and O–H groups in total. The molecule has 2 aromatic rings. The summed E-state index contributed by atoms with van der Waals surface area (Å²) >= 11 is 0. The standard InChI is InChI=1S/C19H23OP/c1-15-12-13-19(16(2)14-15)21(20,18-10-6-7-11-18)17-8-4-3-5-9-17/h3-5,8-9,12-14,18H,6-7,10-11H2,1-2H3/t21-/m0/s1. The SMILES string of the molecule is Cc1ccc([P@](=O)(c2ccccc2)C2CCCC2)c(C)c1. The van der Waals surface area contributed by atoms with Crippen LogP contribution >= 0.6 is 7.14 Å². The summed E-state index contributed by atoms with van der Waals surface area (Å²) < 4.78 is 14.2. The van der Waals surface area contributed by atoms with E-state index in [9.17, 15) is 4.57 Å². The number of hydrogen-bond donors (Lipinski definition) is 0. The fourth-order valence-electron chi connectivity index (χ4n) is 3.64. The van der Waals surface area contributed by atoms with Gasteiger partial charge in [-0.2, -0.15) is 0 Å². The van der Waals surface area contributed by atoms with Crippen LogP contribution in [-0.2, 0) is 4.57 Å². The molecule has 0 aliphatic heterocycles. The summed E-state index contributed by atoms with van der Waals surface area (Å²) in [5, 5.41) is 2.11. The average molecular weight is 298 g/mol. The van der Waals surface area contributed by atoms with Gasteiger partial charge in [0.05, 0.1) is 0 Å². The first-order valence-electron chi connectivity index (χ1n) is 7.85. The molecule has 0 aromatic heterocycles. The van der Waals surface area contributed by atoms with Crippen LogP contribution in [0.25, 0.3) is 0 Å². The van der Waals surface area contributed by atoms with Gasteiger partial charge in [0.15, 0.2) is 0 Å². The molecule has 1 atom stereocenters. The second kappa shape index (κ2) is 5.81. The zero-order valence-corrected chi connectivity index (χ0v) is 13.8. The van der Waals surface area contributed by atoms with Crippen molar-refractivity contribution in [3.05, 3.63) is 59.7 Å². The van der Waals surface area contributed by atoms with Crippen molar-refractivity contribution in [1.82, 2.24) is 0 Å². The third-order valence-electron chi connectivity index (χ3n) is 4.69. The molecule has 2 heteroatoms. The zero-order chi connectivity index (χ0) is 14.9. The highest BCUT2D eigenvalue weighted by atomic mass is 31.2. The van der Waals surface area contributed by atoms with E-state index in [0.717, 1.165) is 23.5 Å². The Morgan fingerprint density at radius 2 is 1.62 bits per heavy atom. The number of aryl methyl sites for hydroxylation is 2. The molecule has 0 heterocycles. The Morgan fingerprint density at radius 1 is 0.952 bits per heavy atom. The molecule has 0 unspecified atom stereocenters. The summed E-state index contributed by atoms with van der Waals surface area (Å²) in [6, 6.07) is 16.5. The second-order valence-corrected chi connectivity index (χ2v) is 9.27. The minimum atomic E-state index is -2.53. The lowest BCUT2D eigenvalue weighted by Gasteiger charge is -2.27. The highest BCUT2D eigenvalue weighted by molar-refractivity contribution is 7.79. The summed E-state index contributed by atoms with van der Waals surface area (Å²) in [5.41, 5.74) is 2.73. The van der Waals surface area contributed by atoms with E-state index in [2.05, 4.69) is 44.2 Å². The second-order valence-electron chi connectivity index (χ2n) is 6.22. The monoisotopic (exact) mass is 298 g/mol. The minimum Gasteiger partial charge on any atom is -0.313 e. The first kappa shape index (κ1) is 14.6. The van der Waals surface area contributed by atoms with E-state index in [4.69, 9.17) is 0 Å². The van der Waals surface area contributed by atoms with Crippen LogP contribution in [0.15, 0.2) is 48.5 Å². The summed E-state index contributed by atoms with van der Waals surface area (Å²) in [6.07, 6.45) is 4.62. The van der Waals surface area contributed by atoms with Gasteiger partial charge in [0, 0.05) is 16.3 Å². The Morgan fingerprint density at radius 3 is 2.24 bits per heavy atom. The van der Waals surface area contributed by atoms with Gasteiger partial charge >= 0.3 is 0 Å². The van der Waals surface area contributed by atoms with Crippen LogP contribution in [-0.4, -0.2) is 5.66 Å². The minimum absolute atomic E-state index is 0.321. The lowest BCUT2D eigenvalue weighted by molar-refractivity contribution is 0.577. The molecule has 1 nitrogen and oxygen atoms in total. The summed E-state index contributed by atoms with van der Waals surface area (Å²) in [7, 11) is -2.53. The molecule has 21 heavy (non-hydrogen) atoms. The van der Waals surface area contributed by atoms with Gasteiger partial charge in [0.1, 0.15) is 7.14 Å². The van der Waals surface area contributed by atoms with Gasteiger partial charge in [0.2, 0.25) is 0 Å². The van der Waals surface area contributed by atoms with Gasteiger partial charge in [-0.1, -0.05) is 66.9 Å². The van der Waals surface area contributed by atoms with Crippen molar-refractivity contribution in [2.45, 2.75) is 45.2 Å². The highest BCUT2D eigenvalue weighted by Crippen LogP contribution is 2.55. The fourth-order valence-corrected chi connectivity index (χ4v) is 7.33. The van der Waals surface area contributed by atoms with Gasteiger partial charge in [-0.05, 0) is 32.3 Å². The van der Waals surface area contributed by atoms with Gasteiger partial charge in [0.25, 0.3) is 0 Å². The molecule has 1 saturated carbocycles. The lowest BCUT2D eigenvalue weighted by Crippen LogP contribution is -2.26. The van der Waals surface area contributed by atoms with Crippen molar-refractivity contribution < 1.29 is 4.57 Å². The molecule has 1 aliphatic rings. The molecule has 3 rings (SSSR count). The lowest BCUT2D eigenvalue weighted by atomic mass is 10.2. The number of hydrogen-bond acceptors (Lipinski definition) is 1. The predicted octanol–water partition coefficient (Wildman–Crippen LogP) is 4.56. The quantitative estimate of drug-likeness (QED) is 0.759. The predicted molar refractivity (Wildman–Crippen MR) is 91.5 cm³/mol. The summed E-state index contributed by atoms with van der Waals surface area (Å²) in [6.45, 7) is 4.20. The van der Waals surface area contributed by atoms with Crippen LogP contribution in [0, 0.1) is 13.8 Å². The summed E-state index contributed by atoms with van der Waals surface area (Å²) in [5.74, 6) is 0. The molecule has 1 aliphatic carbocycles. The van der Waals surface area contributed by atoms with E-state index in [0.29, 0.717) is 5.66 Å². The largest absolute Gasteiger partial charge is 0.313 e. The first-order valence-corrected chi connectivity index (χ1v) is 9.63. The molecule has 0 spiro atoms. The Bertz CT molecular complexity index is 669. The maximum absolute atomic E-state index is 14.2. The molecule has 1 fully saturated rings. The van der Waals surface area contributed by atoms with Crippen molar-refractivity contribution in [2.75, 3.05) is 0 Å². The van der Waals surface area contributed by atoms with Crippen molar-refractivity contribution >= 4 is 17.8 Å². The van der Waals surface area contributed by atoms with Crippen LogP contribution in [0.5, 0.6) is 0 Å². The fraction of sp³-hybridized carbons (Fsp3) is 0.368. The van der Waals surface area contributed by atoms with Crippen molar-refractivity contribution in [3.8, 4) is 0 Å². The molecule has 2 aromatic carbocycles. The smallest absolute Gasteiger partial charge is 0.146 e. The molecule has 0 saturated heterocycles. The van der Waals surface area contributed by atoms with Crippen LogP contribution in [0.3, 0.4) is 0 Å². The van der Waals surface area contributed by atoms with E-state index in [1.54, 1.807) is 0 Å². The molecule has 0 bridgehead atoms. The van der Waals surface area contributed by atoms with Gasteiger partial charge in [-0.3, -0.25) is 0 Å². The third-order valence-corrected chi connectivity index (χ3v) is 8.52. The molecular formula is C19H23OP. The zero-order valence-electron chi connectivity index (χ0n) is 12.9. The van der Waals surface area contributed by atoms with Crippen LogP contribution in [0.4, 0.5) is 0 Å². The Hall–Kier alpha value is -1.33. The summed E-state index contributed by atoms with van der Waals surface area (Å²) in [4.78, 5) is 0. The maximum atomic E-state index is 14.2. The van der Waals surface area contributed by atoms with Gasteiger partial charge < -0.3 is 4.57 Å². The number of rotatable bonds is 3. The van der Waals surface area contributed by atoms with E-state index >= 15 is 0 Å². The molecular weight excluding hydrogens is 275 g/mol. The van der Waals surface area contributed by atoms with E-state index in [1.165, 1.54) is 24.0 Å². The van der Waals surface area contributed by atoms with Crippen molar-refractivity contribution in [1.29, 1.82) is 0 Å². The van der Waals surface area contributed by atoms with Gasteiger partial charge in [-0.15, -0.1) is 0 Å². The average Bonchev–Trinajstić information content (AvgIpc) is 3.02. The van der Waals surface area contributed by atoms with E-state index in [1.807, 2.05) is 18.2 Å². The van der Waals surface area contributed by atoms with Crippen molar-refractivity contribution in [3.63, 3.8) is 0 Å². The maximum Gasteiger partial charge on any atom is 0.146 e. The normalized spacial score (nSPS) is 18.6. The van der Waals surface area contributed by atoms with Crippen LogP contribution in [0.2, 0.25) is 0 Å². The molecule has 0 amide bonds. The van der Waals surface area contributed by atoms with E-state index < -0.39 is 7.14 Å². The number of benzene rings is 2. The van der Waals surface area contributed by atoms with Crippen LogP contribution < -0.4 is 10.6 Å². The molecule has 0 radical (unpaired) electrons.